The largest absolute Gasteiger partial charge is 0.421 e. The number of hydrogen-bond donors (Lipinski definition) is 1. The third kappa shape index (κ3) is 4.43. The molecule has 0 radical (unpaired) electrons. The molecule has 4 rings (SSSR count). The molecular weight excluding hydrogens is 463 g/mol. The molecule has 2 aromatic heterocycles. The topological polar surface area (TPSA) is 111 Å². The summed E-state index contributed by atoms with van der Waals surface area (Å²) in [6.45, 7) is 1.65. The lowest BCUT2D eigenvalue weighted by molar-refractivity contribution is -0.384. The van der Waals surface area contributed by atoms with Gasteiger partial charge in [-0.2, -0.15) is 5.10 Å². The molecule has 8 nitrogen and oxygen atoms in total. The second kappa shape index (κ2) is 8.46. The van der Waals surface area contributed by atoms with Gasteiger partial charge in [-0.1, -0.05) is 23.2 Å². The summed E-state index contributed by atoms with van der Waals surface area (Å²) in [6, 6.07) is 10.9. The van der Waals surface area contributed by atoms with Crippen LogP contribution in [-0.2, 0) is 0 Å². The van der Waals surface area contributed by atoms with E-state index < -0.39 is 10.5 Å². The van der Waals surface area contributed by atoms with Gasteiger partial charge in [-0.25, -0.2) is 9.78 Å². The van der Waals surface area contributed by atoms with Crippen LogP contribution in [0.4, 0.5) is 10.8 Å². The second-order valence-electron chi connectivity index (χ2n) is 6.40. The van der Waals surface area contributed by atoms with E-state index in [4.69, 9.17) is 27.6 Å². The van der Waals surface area contributed by atoms with Crippen molar-refractivity contribution in [3.63, 3.8) is 0 Å². The summed E-state index contributed by atoms with van der Waals surface area (Å²) < 4.78 is 5.32. The van der Waals surface area contributed by atoms with Gasteiger partial charge in [-0.15, -0.1) is 11.3 Å². The van der Waals surface area contributed by atoms with Crippen molar-refractivity contribution in [2.45, 2.75) is 6.92 Å². The molecule has 0 bridgehead atoms. The zero-order valence-electron chi connectivity index (χ0n) is 15.8. The van der Waals surface area contributed by atoms with Crippen molar-refractivity contribution in [3.05, 3.63) is 84.0 Å². The number of benzene rings is 2. The minimum Gasteiger partial charge on any atom is -0.421 e. The quantitative estimate of drug-likeness (QED) is 0.165. The molecule has 0 saturated carbocycles. The van der Waals surface area contributed by atoms with E-state index in [-0.39, 0.29) is 21.9 Å². The standard InChI is InChI=1S/C20H12Cl2N4O4S/c1-10(15-7-12-6-13(21)8-16(22)18(12)30-19(15)27)24-25-20-23-17(9-31-20)11-2-4-14(5-3-11)26(28)29/h2-9H,1H3,(H,23,25). The number of aromatic nitrogens is 1. The van der Waals surface area contributed by atoms with Crippen LogP contribution in [-0.4, -0.2) is 15.6 Å². The number of hydrogen-bond acceptors (Lipinski definition) is 8. The minimum atomic E-state index is -0.578. The Bertz CT molecular complexity index is 1400. The summed E-state index contributed by atoms with van der Waals surface area (Å²) in [5.41, 5.74) is 4.53. The predicted molar refractivity (Wildman–Crippen MR) is 123 cm³/mol. The number of nitro groups is 1. The van der Waals surface area contributed by atoms with Crippen LogP contribution in [0.25, 0.3) is 22.2 Å². The number of rotatable bonds is 5. The van der Waals surface area contributed by atoms with E-state index in [0.717, 1.165) is 5.56 Å². The lowest BCUT2D eigenvalue weighted by atomic mass is 10.1. The summed E-state index contributed by atoms with van der Waals surface area (Å²) >= 11 is 13.4. The number of thiazole rings is 1. The van der Waals surface area contributed by atoms with Crippen LogP contribution >= 0.6 is 34.5 Å². The van der Waals surface area contributed by atoms with Crippen molar-refractivity contribution < 1.29 is 9.34 Å². The van der Waals surface area contributed by atoms with Crippen molar-refractivity contribution in [2.24, 2.45) is 5.10 Å². The van der Waals surface area contributed by atoms with Crippen LogP contribution in [0, 0.1) is 10.1 Å². The van der Waals surface area contributed by atoms with Gasteiger partial charge in [0.25, 0.3) is 5.69 Å². The summed E-state index contributed by atoms with van der Waals surface area (Å²) in [5.74, 6) is 0. The zero-order valence-corrected chi connectivity index (χ0v) is 18.1. The number of nitro benzene ring substituents is 1. The highest BCUT2D eigenvalue weighted by Gasteiger charge is 2.12. The molecule has 1 N–H and O–H groups in total. The fourth-order valence-corrected chi connectivity index (χ4v) is 4.02. The Hall–Kier alpha value is -3.27. The van der Waals surface area contributed by atoms with Crippen molar-refractivity contribution >= 4 is 62.0 Å². The normalized spacial score (nSPS) is 11.6. The molecule has 11 heteroatoms. The first-order valence-electron chi connectivity index (χ1n) is 8.76. The van der Waals surface area contributed by atoms with E-state index in [1.807, 2.05) is 0 Å². The van der Waals surface area contributed by atoms with Crippen LogP contribution in [0.2, 0.25) is 10.0 Å². The Morgan fingerprint density at radius 1 is 1.23 bits per heavy atom. The van der Waals surface area contributed by atoms with Gasteiger partial charge in [0.05, 0.1) is 26.9 Å². The maximum Gasteiger partial charge on any atom is 0.345 e. The van der Waals surface area contributed by atoms with Crippen LogP contribution in [0.5, 0.6) is 0 Å². The van der Waals surface area contributed by atoms with Gasteiger partial charge in [0.1, 0.15) is 0 Å². The Labute approximate surface area is 188 Å². The molecule has 0 atom stereocenters. The van der Waals surface area contributed by atoms with Crippen LogP contribution < -0.4 is 11.1 Å². The highest BCUT2D eigenvalue weighted by molar-refractivity contribution is 7.14. The highest BCUT2D eigenvalue weighted by Crippen LogP contribution is 2.28. The SMILES string of the molecule is CC(=NNc1nc(-c2ccc([N+](=O)[O-])cc2)cs1)c1cc2cc(Cl)cc(Cl)c2oc1=O. The predicted octanol–water partition coefficient (Wildman–Crippen LogP) is 5.97. The van der Waals surface area contributed by atoms with Gasteiger partial charge in [0, 0.05) is 33.5 Å². The van der Waals surface area contributed by atoms with Crippen LogP contribution in [0.1, 0.15) is 12.5 Å². The van der Waals surface area contributed by atoms with Crippen molar-refractivity contribution in [3.8, 4) is 11.3 Å². The van der Waals surface area contributed by atoms with Gasteiger partial charge in [0.15, 0.2) is 5.58 Å². The van der Waals surface area contributed by atoms with Crippen molar-refractivity contribution in [1.29, 1.82) is 0 Å². The average molecular weight is 475 g/mol. The number of non-ortho nitro benzene ring substituents is 1. The lowest BCUT2D eigenvalue weighted by Crippen LogP contribution is -2.13. The van der Waals surface area contributed by atoms with Crippen LogP contribution in [0.15, 0.2) is 62.2 Å². The zero-order chi connectivity index (χ0) is 22.1. The van der Waals surface area contributed by atoms with Gasteiger partial charge in [-0.05, 0) is 37.3 Å². The number of fused-ring (bicyclic) bond motifs is 1. The molecule has 0 aliphatic heterocycles. The first-order chi connectivity index (χ1) is 14.8. The van der Waals surface area contributed by atoms with Crippen LogP contribution in [0.3, 0.4) is 0 Å². The molecule has 31 heavy (non-hydrogen) atoms. The third-order valence-corrected chi connectivity index (χ3v) is 5.58. The van der Waals surface area contributed by atoms with Gasteiger partial charge in [-0.3, -0.25) is 15.5 Å². The number of nitrogens with zero attached hydrogens (tertiary/aromatic N) is 3. The monoisotopic (exact) mass is 474 g/mol. The van der Waals surface area contributed by atoms with Crippen molar-refractivity contribution in [1.82, 2.24) is 4.98 Å². The fraction of sp³-hybridized carbons (Fsp3) is 0.0500. The fourth-order valence-electron chi connectivity index (χ4n) is 2.81. The molecule has 4 aromatic rings. The summed E-state index contributed by atoms with van der Waals surface area (Å²) in [4.78, 5) is 27.1. The summed E-state index contributed by atoms with van der Waals surface area (Å²) in [7, 11) is 0. The Balaban J connectivity index is 1.57. The van der Waals surface area contributed by atoms with E-state index in [1.54, 1.807) is 36.6 Å². The molecule has 0 fully saturated rings. The molecule has 2 heterocycles. The van der Waals surface area contributed by atoms with E-state index in [9.17, 15) is 14.9 Å². The molecular formula is C20H12Cl2N4O4S. The molecule has 0 unspecified atom stereocenters. The third-order valence-electron chi connectivity index (χ3n) is 4.34. The smallest absolute Gasteiger partial charge is 0.345 e. The number of hydrazone groups is 1. The van der Waals surface area contributed by atoms with Gasteiger partial charge < -0.3 is 4.42 Å². The molecule has 0 spiro atoms. The molecule has 156 valence electrons. The molecule has 0 aliphatic rings. The van der Waals surface area contributed by atoms with E-state index in [1.165, 1.54) is 29.5 Å². The first kappa shape index (κ1) is 21.0. The average Bonchev–Trinajstić information content (AvgIpc) is 3.21. The number of anilines is 1. The Kier molecular flexibility index (Phi) is 5.73. The molecule has 0 aliphatic carbocycles. The van der Waals surface area contributed by atoms with Gasteiger partial charge >= 0.3 is 5.63 Å². The summed E-state index contributed by atoms with van der Waals surface area (Å²) in [6.07, 6.45) is 0. The Morgan fingerprint density at radius 3 is 2.68 bits per heavy atom. The first-order valence-corrected chi connectivity index (χ1v) is 10.4. The van der Waals surface area contributed by atoms with Gasteiger partial charge in [0.2, 0.25) is 5.13 Å². The van der Waals surface area contributed by atoms with E-state index >= 15 is 0 Å². The van der Waals surface area contributed by atoms with E-state index in [2.05, 4.69) is 15.5 Å². The summed E-state index contributed by atoms with van der Waals surface area (Å²) in [5, 5.41) is 18.5. The maximum absolute atomic E-state index is 12.4. The highest BCUT2D eigenvalue weighted by atomic mass is 35.5. The van der Waals surface area contributed by atoms with Crippen molar-refractivity contribution in [2.75, 3.05) is 5.43 Å². The number of halogens is 2. The maximum atomic E-state index is 12.4. The van der Waals surface area contributed by atoms with E-state index in [0.29, 0.717) is 26.9 Å². The lowest BCUT2D eigenvalue weighted by Gasteiger charge is -2.04. The second-order valence-corrected chi connectivity index (χ2v) is 8.11. The molecule has 2 aromatic carbocycles. The molecule has 0 saturated heterocycles. The Morgan fingerprint density at radius 2 is 1.97 bits per heavy atom. The minimum absolute atomic E-state index is 0.00865. The number of nitrogens with one attached hydrogen (secondary N) is 1. The molecule has 0 amide bonds.